The molecule has 2 aliphatic heterocycles. The third kappa shape index (κ3) is 3.28. The topological polar surface area (TPSA) is 116 Å². The highest BCUT2D eigenvalue weighted by molar-refractivity contribution is 5.91. The summed E-state index contributed by atoms with van der Waals surface area (Å²) < 4.78 is 6.30. The number of phenols is 1. The first-order valence-electron chi connectivity index (χ1n) is 13.7. The Labute approximate surface area is 221 Å². The van der Waals surface area contributed by atoms with Crippen LogP contribution in [0.5, 0.6) is 11.5 Å². The molecule has 2 aromatic carbocycles. The maximum absolute atomic E-state index is 13.7. The quantitative estimate of drug-likeness (QED) is 0.518. The number of hydrogen-bond donors (Lipinski definition) is 3. The van der Waals surface area contributed by atoms with Crippen LogP contribution in [0, 0.1) is 5.92 Å². The van der Waals surface area contributed by atoms with Crippen LogP contribution in [0.1, 0.15) is 65.6 Å². The number of carbonyl (C=O) groups is 3. The number of nitrogens with zero attached hydrogens (tertiary/aromatic N) is 1. The third-order valence-electron chi connectivity index (χ3n) is 9.82. The van der Waals surface area contributed by atoms with Crippen molar-refractivity contribution in [1.29, 1.82) is 0 Å². The second kappa shape index (κ2) is 8.30. The van der Waals surface area contributed by atoms with E-state index in [9.17, 15) is 19.5 Å². The molecule has 4 atom stereocenters. The van der Waals surface area contributed by atoms with E-state index in [0.717, 1.165) is 36.2 Å². The van der Waals surface area contributed by atoms with Crippen molar-refractivity contribution in [1.82, 2.24) is 10.2 Å². The van der Waals surface area contributed by atoms with E-state index in [0.29, 0.717) is 37.4 Å². The Morgan fingerprint density at radius 2 is 1.89 bits per heavy atom. The van der Waals surface area contributed by atoms with Gasteiger partial charge in [-0.25, -0.2) is 4.79 Å². The molecule has 8 heteroatoms. The molecular weight excluding hydrogens is 484 g/mol. The van der Waals surface area contributed by atoms with Crippen molar-refractivity contribution in [3.8, 4) is 11.5 Å². The fourth-order valence-electron chi connectivity index (χ4n) is 7.95. The number of ether oxygens (including phenoxy) is 1. The third-order valence-corrected chi connectivity index (χ3v) is 9.82. The molecule has 3 N–H and O–H groups in total. The molecule has 1 spiro atoms. The Morgan fingerprint density at radius 3 is 2.63 bits per heavy atom. The number of ketones is 1. The van der Waals surface area contributed by atoms with E-state index < -0.39 is 23.0 Å². The van der Waals surface area contributed by atoms with Crippen LogP contribution < -0.4 is 10.1 Å². The predicted molar refractivity (Wildman–Crippen MR) is 137 cm³/mol. The SMILES string of the molecule is O=C(CCc1ccc(C(=O)O)cc1)NC12CCC(=O)[C@@H]3Oc4c(O)ccc5c4[C@@]31CCN(CC1CC1)[C@@H]2C5. The fourth-order valence-corrected chi connectivity index (χ4v) is 7.95. The van der Waals surface area contributed by atoms with Gasteiger partial charge in [-0.3, -0.25) is 14.5 Å². The Morgan fingerprint density at radius 1 is 1.11 bits per heavy atom. The number of phenolic OH excluding ortho intramolecular Hbond substituents is 1. The van der Waals surface area contributed by atoms with E-state index in [1.165, 1.54) is 12.8 Å². The van der Waals surface area contributed by atoms with Crippen molar-refractivity contribution in [2.24, 2.45) is 5.92 Å². The number of rotatable bonds is 7. The lowest BCUT2D eigenvalue weighted by Gasteiger charge is -2.65. The maximum atomic E-state index is 13.7. The molecule has 1 saturated heterocycles. The minimum atomic E-state index is -0.974. The summed E-state index contributed by atoms with van der Waals surface area (Å²) >= 11 is 0. The standard InChI is InChI=1S/C30H32N2O6/c33-21-9-8-20-15-23-30(31-24(35)10-5-17-3-6-19(7-4-17)28(36)37)12-11-22(34)27-29(30,25(20)26(21)38-27)13-14-32(23)16-18-1-2-18/h3-4,6-9,18,23,27,33H,1-2,5,10-16H2,(H,31,35)(H,36,37)/t23-,27+,29+,30?/m1/s1. The van der Waals surface area contributed by atoms with E-state index in [1.54, 1.807) is 30.3 Å². The van der Waals surface area contributed by atoms with Gasteiger partial charge in [0.25, 0.3) is 0 Å². The number of nitrogens with one attached hydrogen (secondary N) is 1. The number of amides is 1. The maximum Gasteiger partial charge on any atom is 0.335 e. The van der Waals surface area contributed by atoms with Crippen molar-refractivity contribution in [3.05, 3.63) is 58.7 Å². The van der Waals surface area contributed by atoms with Crippen LogP contribution in [0.2, 0.25) is 0 Å². The first-order chi connectivity index (χ1) is 18.3. The van der Waals surface area contributed by atoms with Gasteiger partial charge in [-0.1, -0.05) is 18.2 Å². The number of carboxylic acids is 1. The van der Waals surface area contributed by atoms with Crippen LogP contribution in [0.4, 0.5) is 0 Å². The molecule has 2 saturated carbocycles. The lowest BCUT2D eigenvalue weighted by atomic mass is 9.47. The van der Waals surface area contributed by atoms with Crippen molar-refractivity contribution in [3.63, 3.8) is 0 Å². The van der Waals surface area contributed by atoms with Crippen LogP contribution in [-0.4, -0.2) is 63.5 Å². The molecule has 8 nitrogen and oxygen atoms in total. The van der Waals surface area contributed by atoms with E-state index in [1.807, 2.05) is 6.07 Å². The largest absolute Gasteiger partial charge is 0.504 e. The fraction of sp³-hybridized carbons (Fsp3) is 0.500. The summed E-state index contributed by atoms with van der Waals surface area (Å²) in [4.78, 5) is 40.7. The van der Waals surface area contributed by atoms with Crippen molar-refractivity contribution in [2.45, 2.75) is 74.5 Å². The van der Waals surface area contributed by atoms with Gasteiger partial charge in [0.05, 0.1) is 16.5 Å². The minimum absolute atomic E-state index is 0.0474. The zero-order valence-electron chi connectivity index (χ0n) is 21.2. The Balaban J connectivity index is 1.25. The van der Waals surface area contributed by atoms with Gasteiger partial charge in [0.2, 0.25) is 5.91 Å². The summed E-state index contributed by atoms with van der Waals surface area (Å²) in [6.45, 7) is 1.85. The zero-order chi connectivity index (χ0) is 26.2. The molecule has 0 radical (unpaired) electrons. The average Bonchev–Trinajstić information content (AvgIpc) is 3.65. The number of Topliss-reactive ketones (excluding diaryl/α,β-unsaturated/α-hetero) is 1. The molecule has 2 aromatic rings. The number of benzene rings is 2. The highest BCUT2D eigenvalue weighted by atomic mass is 16.5. The van der Waals surface area contributed by atoms with Crippen LogP contribution in [0.15, 0.2) is 36.4 Å². The summed E-state index contributed by atoms with van der Waals surface area (Å²) in [5, 5.41) is 23.4. The molecular formula is C30H32N2O6. The Bertz CT molecular complexity index is 1350. The Hall–Kier alpha value is -3.39. The molecule has 2 heterocycles. The van der Waals surface area contributed by atoms with Crippen LogP contribution in [-0.2, 0) is 27.8 Å². The smallest absolute Gasteiger partial charge is 0.335 e. The summed E-state index contributed by atoms with van der Waals surface area (Å²) in [6, 6.07) is 10.3. The van der Waals surface area contributed by atoms with Gasteiger partial charge in [-0.05, 0) is 80.3 Å². The summed E-state index contributed by atoms with van der Waals surface area (Å²) in [5.41, 5.74) is 1.83. The number of hydrogen-bond acceptors (Lipinski definition) is 6. The lowest BCUT2D eigenvalue weighted by molar-refractivity contribution is -0.150. The number of aryl methyl sites for hydroxylation is 1. The molecule has 38 heavy (non-hydrogen) atoms. The lowest BCUT2D eigenvalue weighted by Crippen LogP contribution is -2.82. The highest BCUT2D eigenvalue weighted by Gasteiger charge is 2.73. The molecule has 3 aliphatic carbocycles. The van der Waals surface area contributed by atoms with E-state index >= 15 is 0 Å². The van der Waals surface area contributed by atoms with Gasteiger partial charge < -0.3 is 20.3 Å². The van der Waals surface area contributed by atoms with Gasteiger partial charge in [0.1, 0.15) is 0 Å². The average molecular weight is 517 g/mol. The number of carbonyl (C=O) groups excluding carboxylic acids is 2. The zero-order valence-corrected chi connectivity index (χ0v) is 21.2. The second-order valence-corrected chi connectivity index (χ2v) is 11.8. The first kappa shape index (κ1) is 23.7. The van der Waals surface area contributed by atoms with Crippen LogP contribution >= 0.6 is 0 Å². The molecule has 2 bridgehead atoms. The molecule has 198 valence electrons. The van der Waals surface area contributed by atoms with E-state index in [2.05, 4.69) is 10.2 Å². The van der Waals surface area contributed by atoms with Gasteiger partial charge in [0, 0.05) is 31.0 Å². The molecule has 1 unspecified atom stereocenters. The van der Waals surface area contributed by atoms with Crippen LogP contribution in [0.25, 0.3) is 0 Å². The number of likely N-dealkylation sites (tertiary alicyclic amines) is 1. The number of carboxylic acid groups (broad SMARTS) is 1. The van der Waals surface area contributed by atoms with Crippen molar-refractivity contribution in [2.75, 3.05) is 13.1 Å². The highest BCUT2D eigenvalue weighted by Crippen LogP contribution is 2.65. The monoisotopic (exact) mass is 516 g/mol. The van der Waals surface area contributed by atoms with Gasteiger partial charge in [0.15, 0.2) is 23.4 Å². The van der Waals surface area contributed by atoms with Crippen molar-refractivity contribution < 1.29 is 29.3 Å². The number of piperidine rings is 1. The van der Waals surface area contributed by atoms with Crippen LogP contribution in [0.3, 0.4) is 0 Å². The molecule has 0 aromatic heterocycles. The minimum Gasteiger partial charge on any atom is -0.504 e. The number of aromatic carboxylic acids is 1. The van der Waals surface area contributed by atoms with E-state index in [-0.39, 0.29) is 35.5 Å². The summed E-state index contributed by atoms with van der Waals surface area (Å²) in [6.07, 6.45) is 4.89. The Kier molecular flexibility index (Phi) is 5.18. The van der Waals surface area contributed by atoms with Crippen molar-refractivity contribution >= 4 is 17.7 Å². The van der Waals surface area contributed by atoms with Gasteiger partial charge >= 0.3 is 5.97 Å². The summed E-state index contributed by atoms with van der Waals surface area (Å²) in [7, 11) is 0. The predicted octanol–water partition coefficient (Wildman–Crippen LogP) is 2.98. The number of aromatic hydroxyl groups is 1. The first-order valence-corrected chi connectivity index (χ1v) is 13.7. The van der Waals surface area contributed by atoms with E-state index in [4.69, 9.17) is 9.84 Å². The molecule has 7 rings (SSSR count). The molecule has 1 amide bonds. The second-order valence-electron chi connectivity index (χ2n) is 11.8. The molecule has 5 aliphatic rings. The normalized spacial score (nSPS) is 30.9. The van der Waals surface area contributed by atoms with Gasteiger partial charge in [-0.15, -0.1) is 0 Å². The molecule has 3 fully saturated rings. The van der Waals surface area contributed by atoms with Gasteiger partial charge in [-0.2, -0.15) is 0 Å². The summed E-state index contributed by atoms with van der Waals surface area (Å²) in [5.74, 6) is 0.181.